The van der Waals surface area contributed by atoms with E-state index in [1.807, 2.05) is 16.8 Å². The van der Waals surface area contributed by atoms with Gasteiger partial charge in [-0.2, -0.15) is 5.10 Å². The topological polar surface area (TPSA) is 51.5 Å². The van der Waals surface area contributed by atoms with Crippen LogP contribution in [0.2, 0.25) is 0 Å². The zero-order valence-electron chi connectivity index (χ0n) is 12.2. The average molecular weight is 274 g/mol. The van der Waals surface area contributed by atoms with Crippen molar-refractivity contribution in [1.82, 2.24) is 14.6 Å². The van der Waals surface area contributed by atoms with Gasteiger partial charge < -0.3 is 10.1 Å². The van der Waals surface area contributed by atoms with E-state index in [-0.39, 0.29) is 0 Å². The minimum atomic E-state index is 0.407. The van der Waals surface area contributed by atoms with Crippen LogP contribution in [0.5, 0.6) is 0 Å². The molecule has 2 rings (SSSR count). The molecule has 0 radical (unpaired) electrons. The Hall–Kier alpha value is -1.88. The largest absolute Gasteiger partial charge is 0.379 e. The van der Waals surface area contributed by atoms with E-state index in [0.29, 0.717) is 19.1 Å². The third kappa shape index (κ3) is 3.57. The molecular formula is C15H22N4O. The number of rotatable bonds is 8. The summed E-state index contributed by atoms with van der Waals surface area (Å²) in [6.45, 7) is 10.0. The molecule has 0 fully saturated rings. The maximum absolute atomic E-state index is 5.47. The van der Waals surface area contributed by atoms with Gasteiger partial charge in [0.2, 0.25) is 0 Å². The normalized spacial score (nSPS) is 11.2. The molecule has 5 heteroatoms. The summed E-state index contributed by atoms with van der Waals surface area (Å²) in [7, 11) is 0. The third-order valence-electron chi connectivity index (χ3n) is 3.01. The Morgan fingerprint density at radius 1 is 1.45 bits per heavy atom. The summed E-state index contributed by atoms with van der Waals surface area (Å²) in [5, 5.41) is 7.83. The minimum absolute atomic E-state index is 0.407. The van der Waals surface area contributed by atoms with Crippen molar-refractivity contribution in [3.63, 3.8) is 0 Å². The van der Waals surface area contributed by atoms with Gasteiger partial charge in [0.25, 0.3) is 0 Å². The maximum atomic E-state index is 5.47. The molecule has 2 heterocycles. The Balaban J connectivity index is 1.97. The summed E-state index contributed by atoms with van der Waals surface area (Å²) >= 11 is 0. The number of hydrogen-bond acceptors (Lipinski definition) is 4. The van der Waals surface area contributed by atoms with Gasteiger partial charge in [-0.15, -0.1) is 6.58 Å². The van der Waals surface area contributed by atoms with Crippen LogP contribution >= 0.6 is 0 Å². The Labute approximate surface area is 119 Å². The summed E-state index contributed by atoms with van der Waals surface area (Å²) in [6, 6.07) is 2.08. The molecule has 0 saturated heterocycles. The number of ether oxygens (including phenoxy) is 1. The van der Waals surface area contributed by atoms with E-state index in [1.54, 1.807) is 6.20 Å². The maximum Gasteiger partial charge on any atom is 0.152 e. The van der Waals surface area contributed by atoms with Crippen LogP contribution in [-0.2, 0) is 4.74 Å². The Morgan fingerprint density at radius 2 is 2.30 bits per heavy atom. The lowest BCUT2D eigenvalue weighted by molar-refractivity contribution is 0.149. The molecule has 0 saturated carbocycles. The number of fused-ring (bicyclic) bond motifs is 1. The van der Waals surface area contributed by atoms with Gasteiger partial charge >= 0.3 is 0 Å². The van der Waals surface area contributed by atoms with Gasteiger partial charge in [0.05, 0.1) is 18.9 Å². The lowest BCUT2D eigenvalue weighted by atomic mass is 10.1. The molecule has 1 N–H and O–H groups in total. The Kier molecular flexibility index (Phi) is 5.12. The van der Waals surface area contributed by atoms with Crippen molar-refractivity contribution in [3.8, 4) is 0 Å². The van der Waals surface area contributed by atoms with Crippen molar-refractivity contribution in [1.29, 1.82) is 0 Å². The molecule has 0 spiro atoms. The van der Waals surface area contributed by atoms with Crippen LogP contribution in [-0.4, -0.2) is 34.4 Å². The highest BCUT2D eigenvalue weighted by Gasteiger charge is 2.09. The van der Waals surface area contributed by atoms with E-state index in [0.717, 1.165) is 30.0 Å². The Morgan fingerprint density at radius 3 is 3.05 bits per heavy atom. The predicted octanol–water partition coefficient (Wildman–Crippen LogP) is 2.86. The first-order chi connectivity index (χ1) is 9.72. The monoisotopic (exact) mass is 274 g/mol. The SMILES string of the molecule is C=CCCOCCNc1nccn2nc(C(C)C)cc12. The lowest BCUT2D eigenvalue weighted by Crippen LogP contribution is -2.11. The number of anilines is 1. The summed E-state index contributed by atoms with van der Waals surface area (Å²) in [4.78, 5) is 4.37. The van der Waals surface area contributed by atoms with Gasteiger partial charge in [0.1, 0.15) is 5.52 Å². The van der Waals surface area contributed by atoms with E-state index in [1.165, 1.54) is 0 Å². The molecule has 2 aromatic heterocycles. The Bertz CT molecular complexity index is 562. The van der Waals surface area contributed by atoms with E-state index < -0.39 is 0 Å². The highest BCUT2D eigenvalue weighted by molar-refractivity contribution is 5.67. The van der Waals surface area contributed by atoms with Gasteiger partial charge in [-0.25, -0.2) is 9.50 Å². The zero-order valence-corrected chi connectivity index (χ0v) is 12.2. The van der Waals surface area contributed by atoms with E-state index in [9.17, 15) is 0 Å². The van der Waals surface area contributed by atoms with Crippen LogP contribution in [0.1, 0.15) is 31.9 Å². The smallest absolute Gasteiger partial charge is 0.152 e. The first kappa shape index (κ1) is 14.5. The van der Waals surface area contributed by atoms with Gasteiger partial charge in [-0.05, 0) is 18.4 Å². The minimum Gasteiger partial charge on any atom is -0.379 e. The predicted molar refractivity (Wildman–Crippen MR) is 81.2 cm³/mol. The molecule has 0 aliphatic rings. The molecule has 5 nitrogen and oxygen atoms in total. The second-order valence-corrected chi connectivity index (χ2v) is 4.95. The van der Waals surface area contributed by atoms with Crippen molar-refractivity contribution < 1.29 is 4.74 Å². The van der Waals surface area contributed by atoms with Crippen molar-refractivity contribution in [2.75, 3.05) is 25.1 Å². The fourth-order valence-corrected chi connectivity index (χ4v) is 1.87. The molecule has 0 atom stereocenters. The van der Waals surface area contributed by atoms with Gasteiger partial charge in [-0.3, -0.25) is 0 Å². The van der Waals surface area contributed by atoms with Gasteiger partial charge in [-0.1, -0.05) is 19.9 Å². The fourth-order valence-electron chi connectivity index (χ4n) is 1.87. The average Bonchev–Trinajstić information content (AvgIpc) is 2.87. The van der Waals surface area contributed by atoms with Crippen molar-refractivity contribution in [2.24, 2.45) is 0 Å². The van der Waals surface area contributed by atoms with E-state index >= 15 is 0 Å². The van der Waals surface area contributed by atoms with Crippen molar-refractivity contribution in [2.45, 2.75) is 26.2 Å². The molecule has 108 valence electrons. The van der Waals surface area contributed by atoms with Gasteiger partial charge in [0.15, 0.2) is 5.82 Å². The molecule has 0 unspecified atom stereocenters. The van der Waals surface area contributed by atoms with Crippen LogP contribution in [0.15, 0.2) is 31.1 Å². The van der Waals surface area contributed by atoms with Crippen LogP contribution in [0, 0.1) is 0 Å². The number of aromatic nitrogens is 3. The second kappa shape index (κ2) is 7.05. The standard InChI is InChI=1S/C15H22N4O/c1-4-5-9-20-10-7-17-15-14-11-13(12(2)3)18-19(14)8-6-16-15/h4,6,8,11-12H,1,5,7,9-10H2,2-3H3,(H,16,17). The van der Waals surface area contributed by atoms with Crippen molar-refractivity contribution >= 4 is 11.3 Å². The highest BCUT2D eigenvalue weighted by atomic mass is 16.5. The van der Waals surface area contributed by atoms with Crippen LogP contribution < -0.4 is 5.32 Å². The van der Waals surface area contributed by atoms with E-state index in [4.69, 9.17) is 4.74 Å². The lowest BCUT2D eigenvalue weighted by Gasteiger charge is -2.07. The molecule has 20 heavy (non-hydrogen) atoms. The quantitative estimate of drug-likeness (QED) is 0.594. The summed E-state index contributed by atoms with van der Waals surface area (Å²) in [5.74, 6) is 1.25. The summed E-state index contributed by atoms with van der Waals surface area (Å²) < 4.78 is 7.33. The number of nitrogens with one attached hydrogen (secondary N) is 1. The first-order valence-electron chi connectivity index (χ1n) is 6.99. The summed E-state index contributed by atoms with van der Waals surface area (Å²) in [5.41, 5.74) is 2.07. The highest BCUT2D eigenvalue weighted by Crippen LogP contribution is 2.19. The molecule has 0 aromatic carbocycles. The van der Waals surface area contributed by atoms with Crippen LogP contribution in [0.25, 0.3) is 5.52 Å². The molecule has 0 bridgehead atoms. The third-order valence-corrected chi connectivity index (χ3v) is 3.01. The number of nitrogens with zero attached hydrogens (tertiary/aromatic N) is 3. The molecule has 0 amide bonds. The van der Waals surface area contributed by atoms with Crippen LogP contribution in [0.4, 0.5) is 5.82 Å². The van der Waals surface area contributed by atoms with Crippen molar-refractivity contribution in [3.05, 3.63) is 36.8 Å². The fraction of sp³-hybridized carbons (Fsp3) is 0.467. The van der Waals surface area contributed by atoms with Gasteiger partial charge in [0, 0.05) is 18.9 Å². The summed E-state index contributed by atoms with van der Waals surface area (Å²) in [6.07, 6.45) is 6.36. The number of hydrogen-bond donors (Lipinski definition) is 1. The van der Waals surface area contributed by atoms with Crippen LogP contribution in [0.3, 0.4) is 0 Å². The van der Waals surface area contributed by atoms with E-state index in [2.05, 4.69) is 41.9 Å². The molecule has 0 aliphatic heterocycles. The molecular weight excluding hydrogens is 252 g/mol. The molecule has 2 aromatic rings. The molecule has 0 aliphatic carbocycles. The second-order valence-electron chi connectivity index (χ2n) is 4.95. The zero-order chi connectivity index (χ0) is 14.4. The first-order valence-corrected chi connectivity index (χ1v) is 6.99.